The maximum absolute atomic E-state index is 12.1. The van der Waals surface area contributed by atoms with Crippen LogP contribution in [0.1, 0.15) is 35.1 Å². The number of anilines is 1. The van der Waals surface area contributed by atoms with Crippen LogP contribution in [0.2, 0.25) is 0 Å². The number of hydrogen-bond donors (Lipinski definition) is 2. The van der Waals surface area contributed by atoms with Crippen LogP contribution >= 0.6 is 11.8 Å². The number of Topliss-reactive ketones (excluding diaryl/α,β-unsaturated/α-hetero) is 1. The van der Waals surface area contributed by atoms with Gasteiger partial charge in [-0.25, -0.2) is 15.0 Å². The van der Waals surface area contributed by atoms with Crippen molar-refractivity contribution in [1.82, 2.24) is 25.1 Å². The summed E-state index contributed by atoms with van der Waals surface area (Å²) in [5.41, 5.74) is 1.95. The molecule has 1 aliphatic carbocycles. The smallest absolute Gasteiger partial charge is 0.237 e. The summed E-state index contributed by atoms with van der Waals surface area (Å²) < 4.78 is 0. The molecule has 3 rings (SSSR count). The molecular formula is C14H16N6O2S. The first-order valence-corrected chi connectivity index (χ1v) is 8.20. The van der Waals surface area contributed by atoms with E-state index >= 15 is 0 Å². The van der Waals surface area contributed by atoms with Crippen molar-refractivity contribution in [2.45, 2.75) is 31.8 Å². The second kappa shape index (κ2) is 6.45. The van der Waals surface area contributed by atoms with Crippen LogP contribution in [-0.2, 0) is 11.2 Å². The van der Waals surface area contributed by atoms with Crippen molar-refractivity contribution in [3.05, 3.63) is 23.3 Å². The maximum Gasteiger partial charge on any atom is 0.237 e. The zero-order valence-electron chi connectivity index (χ0n) is 12.8. The molecule has 1 unspecified atom stereocenters. The SMILES string of the molecule is Cc1nc(NC(=O)CSc2ncn[nH]2)nc2c1C(=O)CC(C)C2. The molecule has 2 aromatic rings. The minimum absolute atomic E-state index is 0.0787. The highest BCUT2D eigenvalue weighted by atomic mass is 32.2. The van der Waals surface area contributed by atoms with Gasteiger partial charge in [0.15, 0.2) is 10.9 Å². The number of amides is 1. The van der Waals surface area contributed by atoms with E-state index in [2.05, 4.69) is 30.5 Å². The van der Waals surface area contributed by atoms with Gasteiger partial charge in [0.1, 0.15) is 6.33 Å². The summed E-state index contributed by atoms with van der Waals surface area (Å²) in [5.74, 6) is 0.515. The first kappa shape index (κ1) is 15.6. The lowest BCUT2D eigenvalue weighted by molar-refractivity contribution is -0.113. The number of rotatable bonds is 4. The summed E-state index contributed by atoms with van der Waals surface area (Å²) in [4.78, 5) is 36.6. The molecule has 8 nitrogen and oxygen atoms in total. The Labute approximate surface area is 136 Å². The highest BCUT2D eigenvalue weighted by Crippen LogP contribution is 2.26. The summed E-state index contributed by atoms with van der Waals surface area (Å²) in [6, 6.07) is 0. The second-order valence-corrected chi connectivity index (χ2v) is 6.48. The van der Waals surface area contributed by atoms with Crippen LogP contribution in [0.5, 0.6) is 0 Å². The van der Waals surface area contributed by atoms with Gasteiger partial charge in [-0.3, -0.25) is 20.0 Å². The van der Waals surface area contributed by atoms with E-state index in [0.717, 1.165) is 12.1 Å². The van der Waals surface area contributed by atoms with Crippen molar-refractivity contribution in [2.24, 2.45) is 5.92 Å². The molecule has 0 radical (unpaired) electrons. The number of H-pyrrole nitrogens is 1. The molecule has 1 aliphatic rings. The molecule has 0 aliphatic heterocycles. The van der Waals surface area contributed by atoms with Gasteiger partial charge < -0.3 is 0 Å². The number of aryl methyl sites for hydroxylation is 1. The van der Waals surface area contributed by atoms with Crippen LogP contribution in [0.15, 0.2) is 11.5 Å². The molecule has 0 bridgehead atoms. The fourth-order valence-electron chi connectivity index (χ4n) is 2.58. The zero-order valence-corrected chi connectivity index (χ0v) is 13.6. The Morgan fingerprint density at radius 3 is 3.00 bits per heavy atom. The molecule has 2 heterocycles. The summed E-state index contributed by atoms with van der Waals surface area (Å²) in [7, 11) is 0. The lowest BCUT2D eigenvalue weighted by atomic mass is 9.86. The maximum atomic E-state index is 12.1. The molecule has 120 valence electrons. The number of carbonyl (C=O) groups is 2. The number of aromatic amines is 1. The van der Waals surface area contributed by atoms with Crippen LogP contribution in [0.25, 0.3) is 0 Å². The Kier molecular flexibility index (Phi) is 4.37. The monoisotopic (exact) mass is 332 g/mol. The average molecular weight is 332 g/mol. The van der Waals surface area contributed by atoms with Crippen molar-refractivity contribution in [1.29, 1.82) is 0 Å². The van der Waals surface area contributed by atoms with E-state index < -0.39 is 0 Å². The summed E-state index contributed by atoms with van der Waals surface area (Å²) in [6.07, 6.45) is 2.63. The van der Waals surface area contributed by atoms with Gasteiger partial charge in [0.05, 0.1) is 22.7 Å². The minimum atomic E-state index is -0.235. The van der Waals surface area contributed by atoms with Gasteiger partial charge in [-0.05, 0) is 19.3 Å². The molecule has 1 atom stereocenters. The first-order chi connectivity index (χ1) is 11.0. The lowest BCUT2D eigenvalue weighted by Crippen LogP contribution is -2.24. The van der Waals surface area contributed by atoms with E-state index in [1.54, 1.807) is 6.92 Å². The highest BCUT2D eigenvalue weighted by Gasteiger charge is 2.26. The molecule has 1 amide bonds. The average Bonchev–Trinajstić information content (AvgIpc) is 2.97. The van der Waals surface area contributed by atoms with Gasteiger partial charge in [0.25, 0.3) is 0 Å². The summed E-state index contributed by atoms with van der Waals surface area (Å²) >= 11 is 1.24. The van der Waals surface area contributed by atoms with Crippen molar-refractivity contribution in [2.75, 3.05) is 11.1 Å². The first-order valence-electron chi connectivity index (χ1n) is 7.21. The van der Waals surface area contributed by atoms with E-state index in [-0.39, 0.29) is 29.3 Å². The van der Waals surface area contributed by atoms with Crippen molar-refractivity contribution < 1.29 is 9.59 Å². The van der Waals surface area contributed by atoms with Crippen molar-refractivity contribution in [3.8, 4) is 0 Å². The highest BCUT2D eigenvalue weighted by molar-refractivity contribution is 7.99. The third-order valence-corrected chi connectivity index (χ3v) is 4.38. The number of ketones is 1. The predicted molar refractivity (Wildman–Crippen MR) is 84.3 cm³/mol. The van der Waals surface area contributed by atoms with Gasteiger partial charge >= 0.3 is 0 Å². The molecule has 9 heteroatoms. The Morgan fingerprint density at radius 2 is 2.26 bits per heavy atom. The van der Waals surface area contributed by atoms with E-state index in [0.29, 0.717) is 22.8 Å². The number of nitrogens with one attached hydrogen (secondary N) is 2. The molecule has 2 aromatic heterocycles. The molecular weight excluding hydrogens is 316 g/mol. The van der Waals surface area contributed by atoms with Gasteiger partial charge in [-0.1, -0.05) is 18.7 Å². The Balaban J connectivity index is 1.71. The van der Waals surface area contributed by atoms with Gasteiger partial charge in [-0.15, -0.1) is 0 Å². The molecule has 0 fully saturated rings. The summed E-state index contributed by atoms with van der Waals surface area (Å²) in [5, 5.41) is 9.62. The Bertz CT molecular complexity index is 746. The number of thioether (sulfide) groups is 1. The Morgan fingerprint density at radius 1 is 1.43 bits per heavy atom. The Hall–Kier alpha value is -2.29. The fourth-order valence-corrected chi connectivity index (χ4v) is 3.16. The van der Waals surface area contributed by atoms with E-state index in [4.69, 9.17) is 0 Å². The van der Waals surface area contributed by atoms with Gasteiger partial charge in [0.2, 0.25) is 11.9 Å². The van der Waals surface area contributed by atoms with Crippen LogP contribution in [0, 0.1) is 12.8 Å². The predicted octanol–water partition coefficient (Wildman–Crippen LogP) is 1.40. The quantitative estimate of drug-likeness (QED) is 0.813. The van der Waals surface area contributed by atoms with Crippen molar-refractivity contribution in [3.63, 3.8) is 0 Å². The zero-order chi connectivity index (χ0) is 16.4. The van der Waals surface area contributed by atoms with Crippen LogP contribution in [0.4, 0.5) is 5.95 Å². The van der Waals surface area contributed by atoms with E-state index in [1.165, 1.54) is 18.1 Å². The third-order valence-electron chi connectivity index (χ3n) is 3.50. The van der Waals surface area contributed by atoms with Crippen LogP contribution in [-0.4, -0.2) is 42.6 Å². The summed E-state index contributed by atoms with van der Waals surface area (Å²) in [6.45, 7) is 3.79. The standard InChI is InChI=1S/C14H16N6O2S/c1-7-3-9-12(10(21)4-7)8(2)17-13(18-9)19-11(22)5-23-14-15-6-16-20-14/h6-7H,3-5H2,1-2H3,(H,15,16,20)(H,17,18,19,22). The molecule has 0 saturated heterocycles. The minimum Gasteiger partial charge on any atom is -0.294 e. The molecule has 2 N–H and O–H groups in total. The lowest BCUT2D eigenvalue weighted by Gasteiger charge is -2.21. The van der Waals surface area contributed by atoms with Gasteiger partial charge in [0, 0.05) is 6.42 Å². The number of hydrogen-bond acceptors (Lipinski definition) is 7. The van der Waals surface area contributed by atoms with E-state index in [9.17, 15) is 9.59 Å². The number of nitrogens with zero attached hydrogens (tertiary/aromatic N) is 4. The van der Waals surface area contributed by atoms with Crippen molar-refractivity contribution >= 4 is 29.4 Å². The molecule has 0 saturated carbocycles. The third kappa shape index (κ3) is 3.55. The molecule has 0 aromatic carbocycles. The number of aromatic nitrogens is 5. The van der Waals surface area contributed by atoms with Gasteiger partial charge in [-0.2, -0.15) is 5.10 Å². The largest absolute Gasteiger partial charge is 0.294 e. The van der Waals surface area contributed by atoms with Crippen LogP contribution < -0.4 is 5.32 Å². The van der Waals surface area contributed by atoms with Crippen LogP contribution in [0.3, 0.4) is 0 Å². The van der Waals surface area contributed by atoms with E-state index in [1.807, 2.05) is 6.92 Å². The second-order valence-electron chi connectivity index (χ2n) is 5.52. The number of carbonyl (C=O) groups excluding carboxylic acids is 2. The normalized spacial score (nSPS) is 17.0. The fraction of sp³-hybridized carbons (Fsp3) is 0.429. The molecule has 0 spiro atoms. The topological polar surface area (TPSA) is 114 Å². The number of fused-ring (bicyclic) bond motifs is 1. The molecule has 23 heavy (non-hydrogen) atoms.